The number of ether oxygens (including phenoxy) is 1. The van der Waals surface area contributed by atoms with Gasteiger partial charge < -0.3 is 9.64 Å². The van der Waals surface area contributed by atoms with E-state index in [4.69, 9.17) is 4.74 Å². The Morgan fingerprint density at radius 3 is 2.74 bits per heavy atom. The Morgan fingerprint density at radius 1 is 1.32 bits per heavy atom. The van der Waals surface area contributed by atoms with Crippen molar-refractivity contribution in [3.8, 4) is 11.3 Å². The fraction of sp³-hybridized carbons (Fsp3) is 0.357. The lowest BCUT2D eigenvalue weighted by molar-refractivity contribution is 0.154. The number of likely N-dealkylation sites (N-methyl/N-ethyl adjacent to an activating group) is 1. The van der Waals surface area contributed by atoms with Gasteiger partial charge in [-0.15, -0.1) is 11.3 Å². The molecule has 1 aromatic carbocycles. The highest BCUT2D eigenvalue weighted by Gasteiger charge is 2.08. The van der Waals surface area contributed by atoms with E-state index in [9.17, 15) is 4.39 Å². The summed E-state index contributed by atoms with van der Waals surface area (Å²) >= 11 is 1.58. The zero-order chi connectivity index (χ0) is 13.7. The first-order chi connectivity index (χ1) is 9.20. The zero-order valence-electron chi connectivity index (χ0n) is 11.1. The summed E-state index contributed by atoms with van der Waals surface area (Å²) in [6.07, 6.45) is 0. The third-order valence-electron chi connectivity index (χ3n) is 2.73. The average molecular weight is 280 g/mol. The molecule has 1 aromatic heterocycles. The monoisotopic (exact) mass is 280 g/mol. The van der Waals surface area contributed by atoms with Gasteiger partial charge in [0, 0.05) is 31.1 Å². The molecule has 0 aliphatic heterocycles. The number of benzene rings is 1. The standard InChI is InChI=1S/C14H17FN2OS/c1-3-18-9-8-17(2)14-16-13(10-19-14)11-4-6-12(15)7-5-11/h4-7,10H,3,8-9H2,1-2H3. The van der Waals surface area contributed by atoms with Gasteiger partial charge in [0.05, 0.1) is 12.3 Å². The van der Waals surface area contributed by atoms with E-state index in [2.05, 4.69) is 9.88 Å². The van der Waals surface area contributed by atoms with Crippen LogP contribution in [0.25, 0.3) is 11.3 Å². The second kappa shape index (κ2) is 6.63. The molecular formula is C14H17FN2OS. The molecule has 0 aliphatic carbocycles. The maximum absolute atomic E-state index is 12.9. The highest BCUT2D eigenvalue weighted by atomic mass is 32.1. The maximum atomic E-state index is 12.9. The van der Waals surface area contributed by atoms with Gasteiger partial charge in [0.15, 0.2) is 5.13 Å². The lowest BCUT2D eigenvalue weighted by atomic mass is 10.2. The van der Waals surface area contributed by atoms with E-state index in [1.807, 2.05) is 19.4 Å². The molecule has 1 heterocycles. The molecule has 2 aromatic rings. The summed E-state index contributed by atoms with van der Waals surface area (Å²) in [5.41, 5.74) is 1.81. The van der Waals surface area contributed by atoms with Crippen molar-refractivity contribution in [3.63, 3.8) is 0 Å². The van der Waals surface area contributed by atoms with Crippen molar-refractivity contribution in [3.05, 3.63) is 35.5 Å². The number of hydrogen-bond acceptors (Lipinski definition) is 4. The second-order valence-corrected chi connectivity index (χ2v) is 4.98. The van der Waals surface area contributed by atoms with Crippen LogP contribution in [0, 0.1) is 5.82 Å². The second-order valence-electron chi connectivity index (χ2n) is 4.14. The first kappa shape index (κ1) is 14.0. The molecule has 0 unspecified atom stereocenters. The molecule has 102 valence electrons. The van der Waals surface area contributed by atoms with Crippen molar-refractivity contribution < 1.29 is 9.13 Å². The number of rotatable bonds is 6. The number of anilines is 1. The number of halogens is 1. The van der Waals surface area contributed by atoms with Crippen molar-refractivity contribution in [1.29, 1.82) is 0 Å². The van der Waals surface area contributed by atoms with Crippen LogP contribution in [0.2, 0.25) is 0 Å². The summed E-state index contributed by atoms with van der Waals surface area (Å²) in [7, 11) is 1.99. The Balaban J connectivity index is 2.04. The number of hydrogen-bond donors (Lipinski definition) is 0. The molecular weight excluding hydrogens is 263 g/mol. The predicted octanol–water partition coefficient (Wildman–Crippen LogP) is 3.42. The lowest BCUT2D eigenvalue weighted by Crippen LogP contribution is -2.22. The van der Waals surface area contributed by atoms with Gasteiger partial charge in [-0.1, -0.05) is 0 Å². The molecule has 0 bridgehead atoms. The molecule has 5 heteroatoms. The van der Waals surface area contributed by atoms with E-state index in [0.29, 0.717) is 6.61 Å². The summed E-state index contributed by atoms with van der Waals surface area (Å²) in [5.74, 6) is -0.229. The first-order valence-corrected chi connectivity index (χ1v) is 7.09. The summed E-state index contributed by atoms with van der Waals surface area (Å²) in [6.45, 7) is 4.21. The number of nitrogens with zero attached hydrogens (tertiary/aromatic N) is 2. The van der Waals surface area contributed by atoms with Crippen LogP contribution in [0.4, 0.5) is 9.52 Å². The average Bonchev–Trinajstić information content (AvgIpc) is 2.89. The largest absolute Gasteiger partial charge is 0.380 e. The molecule has 0 radical (unpaired) electrons. The molecule has 0 atom stereocenters. The molecule has 0 amide bonds. The molecule has 19 heavy (non-hydrogen) atoms. The Labute approximate surface area is 116 Å². The minimum Gasteiger partial charge on any atom is -0.380 e. The van der Waals surface area contributed by atoms with Crippen molar-refractivity contribution in [2.24, 2.45) is 0 Å². The number of aromatic nitrogens is 1. The van der Waals surface area contributed by atoms with E-state index in [-0.39, 0.29) is 5.82 Å². The molecule has 0 saturated carbocycles. The van der Waals surface area contributed by atoms with E-state index >= 15 is 0 Å². The van der Waals surface area contributed by atoms with E-state index in [0.717, 1.165) is 29.5 Å². The molecule has 0 aliphatic rings. The Kier molecular flexibility index (Phi) is 4.87. The summed E-state index contributed by atoms with van der Waals surface area (Å²) in [6, 6.07) is 6.39. The molecule has 3 nitrogen and oxygen atoms in total. The van der Waals surface area contributed by atoms with Gasteiger partial charge in [-0.25, -0.2) is 9.37 Å². The van der Waals surface area contributed by atoms with Crippen LogP contribution in [-0.2, 0) is 4.74 Å². The Hall–Kier alpha value is -1.46. The van der Waals surface area contributed by atoms with Gasteiger partial charge in [0.1, 0.15) is 5.82 Å². The molecule has 0 spiro atoms. The number of thiazole rings is 1. The Morgan fingerprint density at radius 2 is 2.05 bits per heavy atom. The highest BCUT2D eigenvalue weighted by molar-refractivity contribution is 7.14. The molecule has 0 saturated heterocycles. The van der Waals surface area contributed by atoms with Crippen LogP contribution in [-0.4, -0.2) is 31.8 Å². The fourth-order valence-corrected chi connectivity index (χ4v) is 2.46. The van der Waals surface area contributed by atoms with Crippen LogP contribution in [0.5, 0.6) is 0 Å². The first-order valence-electron chi connectivity index (χ1n) is 6.21. The highest BCUT2D eigenvalue weighted by Crippen LogP contribution is 2.26. The van der Waals surface area contributed by atoms with E-state index in [1.54, 1.807) is 23.5 Å². The smallest absolute Gasteiger partial charge is 0.185 e. The van der Waals surface area contributed by atoms with Crippen molar-refractivity contribution in [2.75, 3.05) is 31.7 Å². The van der Waals surface area contributed by atoms with Crippen LogP contribution < -0.4 is 4.90 Å². The van der Waals surface area contributed by atoms with Crippen LogP contribution in [0.1, 0.15) is 6.92 Å². The molecule has 0 N–H and O–H groups in total. The van der Waals surface area contributed by atoms with E-state index in [1.165, 1.54) is 12.1 Å². The van der Waals surface area contributed by atoms with Gasteiger partial charge in [-0.3, -0.25) is 0 Å². The quantitative estimate of drug-likeness (QED) is 0.758. The predicted molar refractivity (Wildman–Crippen MR) is 77.3 cm³/mol. The van der Waals surface area contributed by atoms with Crippen LogP contribution in [0.3, 0.4) is 0 Å². The van der Waals surface area contributed by atoms with Gasteiger partial charge in [-0.2, -0.15) is 0 Å². The van der Waals surface area contributed by atoms with E-state index < -0.39 is 0 Å². The topological polar surface area (TPSA) is 25.4 Å². The van der Waals surface area contributed by atoms with Gasteiger partial charge in [0.25, 0.3) is 0 Å². The van der Waals surface area contributed by atoms with Crippen molar-refractivity contribution >= 4 is 16.5 Å². The molecule has 0 fully saturated rings. The zero-order valence-corrected chi connectivity index (χ0v) is 11.9. The third-order valence-corrected chi connectivity index (χ3v) is 3.69. The lowest BCUT2D eigenvalue weighted by Gasteiger charge is -2.14. The van der Waals surface area contributed by atoms with Crippen molar-refractivity contribution in [1.82, 2.24) is 4.98 Å². The maximum Gasteiger partial charge on any atom is 0.185 e. The fourth-order valence-electron chi connectivity index (χ4n) is 1.63. The minimum atomic E-state index is -0.229. The van der Waals surface area contributed by atoms with Gasteiger partial charge >= 0.3 is 0 Å². The summed E-state index contributed by atoms with van der Waals surface area (Å²) in [4.78, 5) is 6.62. The van der Waals surface area contributed by atoms with Gasteiger partial charge in [-0.05, 0) is 31.2 Å². The SMILES string of the molecule is CCOCCN(C)c1nc(-c2ccc(F)cc2)cs1. The summed E-state index contributed by atoms with van der Waals surface area (Å²) < 4.78 is 18.2. The van der Waals surface area contributed by atoms with Crippen molar-refractivity contribution in [2.45, 2.75) is 6.92 Å². The summed E-state index contributed by atoms with van der Waals surface area (Å²) in [5, 5.41) is 2.93. The van der Waals surface area contributed by atoms with Crippen LogP contribution >= 0.6 is 11.3 Å². The molecule has 2 rings (SSSR count). The van der Waals surface area contributed by atoms with Crippen LogP contribution in [0.15, 0.2) is 29.6 Å². The van der Waals surface area contributed by atoms with Gasteiger partial charge in [0.2, 0.25) is 0 Å². The Bertz CT molecular complexity index is 512. The third kappa shape index (κ3) is 3.75. The normalized spacial score (nSPS) is 10.7. The minimum absolute atomic E-state index is 0.229.